The number of carbonyl (C=O) groups excluding carboxylic acids is 5. The zero-order valence-electron chi connectivity index (χ0n) is 41.1. The van der Waals surface area contributed by atoms with Crippen LogP contribution >= 0.6 is 0 Å². The van der Waals surface area contributed by atoms with Gasteiger partial charge in [-0.3, -0.25) is 4.79 Å². The van der Waals surface area contributed by atoms with Gasteiger partial charge < -0.3 is 63.0 Å². The summed E-state index contributed by atoms with van der Waals surface area (Å²) < 4.78 is 64.0. The molecule has 2 aromatic carbocycles. The van der Waals surface area contributed by atoms with Crippen LogP contribution in [-0.2, 0) is 42.8 Å². The van der Waals surface area contributed by atoms with Crippen LogP contribution < -0.4 is 9.62 Å². The first kappa shape index (κ1) is 55.3. The third-order valence-corrected chi connectivity index (χ3v) is 12.2. The Hall–Kier alpha value is -5.66. The van der Waals surface area contributed by atoms with E-state index in [2.05, 4.69) is 0 Å². The number of cyclic esters (lactones) is 2. The van der Waals surface area contributed by atoms with Gasteiger partial charge in [0.15, 0.2) is 23.5 Å². The number of halogens is 2. The predicted octanol–water partition coefficient (Wildman–Crippen LogP) is 6.93. The molecule has 2 radical (unpaired) electrons. The van der Waals surface area contributed by atoms with Gasteiger partial charge in [-0.25, -0.2) is 18.4 Å². The van der Waals surface area contributed by atoms with Gasteiger partial charge in [0.1, 0.15) is 65.2 Å². The lowest BCUT2D eigenvalue weighted by Crippen LogP contribution is -2.36. The Labute approximate surface area is 408 Å². The van der Waals surface area contributed by atoms with Crippen molar-refractivity contribution >= 4 is 68.4 Å². The molecule has 6 rings (SSSR count). The van der Waals surface area contributed by atoms with Crippen LogP contribution in [0.3, 0.4) is 0 Å². The van der Waals surface area contributed by atoms with E-state index in [1.807, 2.05) is 13.8 Å². The molecule has 0 amide bonds. The molecule has 0 bridgehead atoms. The molecule has 376 valence electrons. The van der Waals surface area contributed by atoms with E-state index in [4.69, 9.17) is 28.4 Å². The molecule has 3 N–H and O–H groups in total. The number of Topliss-reactive ketones (excluding diaryl/α,β-unsaturated/α-hetero) is 1. The molecular formula is C50H62B2F2N2O14. The van der Waals surface area contributed by atoms with Crippen molar-refractivity contribution in [2.45, 2.75) is 136 Å². The number of esters is 2. The summed E-state index contributed by atoms with van der Waals surface area (Å²) in [6, 6.07) is 6.07. The molecule has 2 fully saturated rings. The Kier molecular flexibility index (Phi) is 18.6. The number of hydrogen-bond donors (Lipinski definition) is 3. The molecule has 2 saturated heterocycles. The van der Waals surface area contributed by atoms with Gasteiger partial charge in [0.2, 0.25) is 5.78 Å². The smallest absolute Gasteiger partial charge is 0.342 e. The first-order chi connectivity index (χ1) is 32.9. The first-order valence-electron chi connectivity index (χ1n) is 23.2. The monoisotopic (exact) mass is 974 g/mol. The number of phenols is 2. The second kappa shape index (κ2) is 23.5. The van der Waals surface area contributed by atoms with Crippen LogP contribution in [0.15, 0.2) is 60.2 Å². The number of aromatic hydroxyl groups is 2. The standard InChI is InChI=1S/C25H32BFNO7.C25H30BFNO7/c2*1-6-28(26-13-29)17-11-16-8-7-9-20-23(35-25(4,5)34-20)22(31)18(27)10-14(2)15(3)33-24(32)21(16)19(30)12-17/h7-8,10-15,20,22-23,30-31H,6,9H2,1-5H3;7-8,10-15,20,23,30H,6,9H2,1-5H3/b2*8-7+,18-10+/t14-,15+,20+,22-,23+;14-,15+,20+,23+/m11/s1. The summed E-state index contributed by atoms with van der Waals surface area (Å²) in [5.74, 6) is -8.16. The van der Waals surface area contributed by atoms with Crippen molar-refractivity contribution in [3.8, 4) is 11.5 Å². The van der Waals surface area contributed by atoms with Crippen molar-refractivity contribution in [2.75, 3.05) is 22.7 Å². The Morgan fingerprint density at radius 2 is 1.13 bits per heavy atom. The van der Waals surface area contributed by atoms with Crippen LogP contribution in [-0.4, -0.2) is 128 Å². The van der Waals surface area contributed by atoms with Crippen LogP contribution in [0.5, 0.6) is 11.5 Å². The van der Waals surface area contributed by atoms with E-state index in [0.717, 1.165) is 6.08 Å². The number of ketones is 1. The first-order valence-corrected chi connectivity index (χ1v) is 23.2. The van der Waals surface area contributed by atoms with Gasteiger partial charge in [-0.2, -0.15) is 0 Å². The quantitative estimate of drug-likeness (QED) is 0.139. The van der Waals surface area contributed by atoms with Crippen molar-refractivity contribution in [1.82, 2.24) is 0 Å². The van der Waals surface area contributed by atoms with Crippen molar-refractivity contribution in [1.29, 1.82) is 0 Å². The second-order valence-electron chi connectivity index (χ2n) is 18.3. The number of carbonyl (C=O) groups is 5. The van der Waals surface area contributed by atoms with E-state index in [1.165, 1.54) is 33.0 Å². The lowest BCUT2D eigenvalue weighted by Gasteiger charge is -2.24. The lowest BCUT2D eigenvalue weighted by atomic mass is 9.92. The number of rotatable bonds is 8. The lowest BCUT2D eigenvalue weighted by molar-refractivity contribution is -0.153. The molecule has 0 aliphatic carbocycles. The zero-order chi connectivity index (χ0) is 51.8. The average molecular weight is 975 g/mol. The van der Waals surface area contributed by atoms with Gasteiger partial charge in [0.05, 0.1) is 12.2 Å². The average Bonchev–Trinajstić information content (AvgIpc) is 3.78. The normalized spacial score (nSPS) is 30.1. The molecule has 0 saturated carbocycles. The fraction of sp³-hybridized carbons (Fsp3) is 0.500. The molecule has 70 heavy (non-hydrogen) atoms. The van der Waals surface area contributed by atoms with Gasteiger partial charge in [-0.05, 0) is 104 Å². The van der Waals surface area contributed by atoms with Gasteiger partial charge in [-0.1, -0.05) is 38.2 Å². The Bertz CT molecular complexity index is 2390. The highest BCUT2D eigenvalue weighted by molar-refractivity contribution is 6.70. The zero-order valence-corrected chi connectivity index (χ0v) is 41.1. The number of aliphatic hydroxyl groups excluding tert-OH is 1. The highest BCUT2D eigenvalue weighted by atomic mass is 19.1. The molecule has 4 aliphatic rings. The van der Waals surface area contributed by atoms with Gasteiger partial charge in [0.25, 0.3) is 0 Å². The predicted molar refractivity (Wildman–Crippen MR) is 260 cm³/mol. The third kappa shape index (κ3) is 13.4. The number of benzene rings is 2. The summed E-state index contributed by atoms with van der Waals surface area (Å²) in [7, 11) is 2.65. The van der Waals surface area contributed by atoms with Gasteiger partial charge in [-0.15, -0.1) is 0 Å². The summed E-state index contributed by atoms with van der Waals surface area (Å²) in [5, 5.41) is 32.2. The molecule has 9 atom stereocenters. The number of fused-ring (bicyclic) bond motifs is 4. The highest BCUT2D eigenvalue weighted by Crippen LogP contribution is 2.38. The molecule has 2 aromatic rings. The molecule has 0 spiro atoms. The number of phenolic OH excluding ortho intramolecular Hbond substituents is 2. The molecule has 4 aliphatic heterocycles. The van der Waals surface area contributed by atoms with Crippen molar-refractivity contribution in [2.24, 2.45) is 11.8 Å². The maximum Gasteiger partial charge on any atom is 0.342 e. The van der Waals surface area contributed by atoms with E-state index in [-0.39, 0.29) is 35.5 Å². The molecular weight excluding hydrogens is 912 g/mol. The molecule has 0 aromatic heterocycles. The van der Waals surface area contributed by atoms with E-state index < -0.39 is 95.5 Å². The number of hydrogen-bond acceptors (Lipinski definition) is 16. The van der Waals surface area contributed by atoms with E-state index in [1.54, 1.807) is 101 Å². The molecule has 20 heteroatoms. The maximum absolute atomic E-state index is 14.9. The van der Waals surface area contributed by atoms with Crippen LogP contribution in [0.2, 0.25) is 0 Å². The molecule has 4 heterocycles. The summed E-state index contributed by atoms with van der Waals surface area (Å²) in [5.41, 5.74) is 1.61. The SMILES string of the molecule is CCN([B]C=O)c1cc(O)c2c(c1)/C=C/C[C@@H]1OC(C)(C)O[C@@H]1C(=O)/C(F)=C\[C@@H](C)[C@H](C)OC2=O.CCN([B]C=O)c1cc(O)c2c(c1)/C=C/C[C@@H]1OC(C)(C)O[C@@H]1[C@H](O)/C(F)=C\[C@@H](C)[C@H](C)OC2=O. The minimum absolute atomic E-state index is 0.0479. The Balaban J connectivity index is 0.000000261. The van der Waals surface area contributed by atoms with Gasteiger partial charge in [0, 0.05) is 48.4 Å². The van der Waals surface area contributed by atoms with Crippen LogP contribution in [0, 0.1) is 11.8 Å². The van der Waals surface area contributed by atoms with Crippen molar-refractivity contribution in [3.63, 3.8) is 0 Å². The molecule has 0 unspecified atom stereocenters. The van der Waals surface area contributed by atoms with Crippen LogP contribution in [0.25, 0.3) is 12.2 Å². The van der Waals surface area contributed by atoms with Crippen LogP contribution in [0.1, 0.15) is 114 Å². The Morgan fingerprint density at radius 1 is 0.686 bits per heavy atom. The number of ether oxygens (including phenoxy) is 6. The van der Waals surface area contributed by atoms with E-state index in [9.17, 15) is 48.1 Å². The van der Waals surface area contributed by atoms with Crippen molar-refractivity contribution < 1.29 is 76.5 Å². The van der Waals surface area contributed by atoms with Crippen LogP contribution in [0.4, 0.5) is 20.2 Å². The van der Waals surface area contributed by atoms with Gasteiger partial charge >= 0.3 is 26.8 Å². The summed E-state index contributed by atoms with van der Waals surface area (Å²) in [6.07, 6.45) is 3.93. The summed E-state index contributed by atoms with van der Waals surface area (Å²) in [4.78, 5) is 64.2. The maximum atomic E-state index is 14.9. The van der Waals surface area contributed by atoms with E-state index in [0.29, 0.717) is 48.0 Å². The fourth-order valence-electron chi connectivity index (χ4n) is 8.30. The minimum Gasteiger partial charge on any atom is -0.507 e. The summed E-state index contributed by atoms with van der Waals surface area (Å²) >= 11 is 0. The number of nitrogens with zero attached hydrogens (tertiary/aromatic N) is 2. The number of anilines is 2. The largest absolute Gasteiger partial charge is 0.507 e. The number of aliphatic hydroxyl groups is 1. The highest BCUT2D eigenvalue weighted by Gasteiger charge is 2.47. The third-order valence-electron chi connectivity index (χ3n) is 12.2. The van der Waals surface area contributed by atoms with Crippen molar-refractivity contribution in [3.05, 3.63) is 82.5 Å². The molecule has 16 nitrogen and oxygen atoms in total. The second-order valence-corrected chi connectivity index (χ2v) is 18.3. The topological polar surface area (TPSA) is 208 Å². The minimum atomic E-state index is -1.55. The Morgan fingerprint density at radius 3 is 1.60 bits per heavy atom. The fourth-order valence-corrected chi connectivity index (χ4v) is 8.30. The van der Waals surface area contributed by atoms with E-state index >= 15 is 0 Å². The summed E-state index contributed by atoms with van der Waals surface area (Å²) in [6.45, 7) is 17.7.